The lowest BCUT2D eigenvalue weighted by molar-refractivity contribution is -0.120. The Hall–Kier alpha value is -2.58. The molecule has 0 unspecified atom stereocenters. The van der Waals surface area contributed by atoms with Crippen molar-refractivity contribution in [1.82, 2.24) is 4.31 Å². The van der Waals surface area contributed by atoms with Gasteiger partial charge in [0.1, 0.15) is 6.04 Å². The maximum atomic E-state index is 13.1. The molecule has 0 bridgehead atoms. The fourth-order valence-corrected chi connectivity index (χ4v) is 5.33. The molecule has 0 aromatic heterocycles. The fraction of sp³-hybridized carbons (Fsp3) is 0.381. The van der Waals surface area contributed by atoms with E-state index in [2.05, 4.69) is 5.32 Å². The van der Waals surface area contributed by atoms with Crippen LogP contribution in [0.4, 0.5) is 5.69 Å². The van der Waals surface area contributed by atoms with Gasteiger partial charge in [0.25, 0.3) is 0 Å². The van der Waals surface area contributed by atoms with E-state index in [1.807, 2.05) is 0 Å². The number of rotatable bonds is 4. The van der Waals surface area contributed by atoms with Crippen LogP contribution in [0.2, 0.25) is 0 Å². The molecule has 2 aliphatic rings. The number of hydrogen-bond donors (Lipinski definition) is 1. The third-order valence-electron chi connectivity index (χ3n) is 5.12. The second kappa shape index (κ2) is 8.42. The van der Waals surface area contributed by atoms with Gasteiger partial charge in [-0.1, -0.05) is 24.6 Å². The summed E-state index contributed by atoms with van der Waals surface area (Å²) >= 11 is 0. The van der Waals surface area contributed by atoms with E-state index in [1.54, 1.807) is 48.5 Å². The second-order valence-corrected chi connectivity index (χ2v) is 9.03. The quantitative estimate of drug-likeness (QED) is 0.828. The summed E-state index contributed by atoms with van der Waals surface area (Å²) in [5, 5.41) is 2.86. The van der Waals surface area contributed by atoms with Gasteiger partial charge in [-0.15, -0.1) is 0 Å². The molecule has 2 aromatic carbocycles. The molecule has 154 valence electrons. The summed E-state index contributed by atoms with van der Waals surface area (Å²) in [6.45, 7) is 1.47. The molecule has 8 heteroatoms. The summed E-state index contributed by atoms with van der Waals surface area (Å²) < 4.78 is 38.8. The number of amides is 1. The number of benzene rings is 2. The highest BCUT2D eigenvalue weighted by Gasteiger charge is 2.37. The number of piperidine rings is 1. The Morgan fingerprint density at radius 3 is 2.52 bits per heavy atom. The first-order chi connectivity index (χ1) is 14.1. The predicted octanol–water partition coefficient (Wildman–Crippen LogP) is 3.03. The van der Waals surface area contributed by atoms with Gasteiger partial charge in [-0.3, -0.25) is 4.79 Å². The minimum Gasteiger partial charge on any atom is -0.490 e. The van der Waals surface area contributed by atoms with E-state index in [0.717, 1.165) is 19.3 Å². The third-order valence-corrected chi connectivity index (χ3v) is 7.04. The standard InChI is InChI=1S/C21H24N2O5S/c24-21(22-16-10-11-19-20(15-16)28-14-6-13-27-19)18-9-4-5-12-23(18)29(25,26)17-7-2-1-3-8-17/h1-3,7-8,10-11,15,18H,4-6,9,12-14H2,(H,22,24)/t18-/m1/s1. The average Bonchev–Trinajstić information content (AvgIpc) is 2.99. The molecule has 1 amide bonds. The lowest BCUT2D eigenvalue weighted by atomic mass is 10.0. The van der Waals surface area contributed by atoms with Gasteiger partial charge in [-0.25, -0.2) is 8.42 Å². The van der Waals surface area contributed by atoms with Gasteiger partial charge in [0, 0.05) is 24.7 Å². The molecule has 2 aromatic rings. The lowest BCUT2D eigenvalue weighted by Gasteiger charge is -2.33. The van der Waals surface area contributed by atoms with E-state index >= 15 is 0 Å². The molecule has 2 heterocycles. The van der Waals surface area contributed by atoms with Crippen LogP contribution in [0.25, 0.3) is 0 Å². The van der Waals surface area contributed by atoms with Gasteiger partial charge in [-0.05, 0) is 37.1 Å². The molecule has 29 heavy (non-hydrogen) atoms. The van der Waals surface area contributed by atoms with E-state index in [-0.39, 0.29) is 10.8 Å². The van der Waals surface area contributed by atoms with Gasteiger partial charge in [0.2, 0.25) is 15.9 Å². The first kappa shape index (κ1) is 19.7. The summed E-state index contributed by atoms with van der Waals surface area (Å²) in [6, 6.07) is 12.7. The van der Waals surface area contributed by atoms with Crippen molar-refractivity contribution < 1.29 is 22.7 Å². The first-order valence-corrected chi connectivity index (χ1v) is 11.3. The number of carbonyl (C=O) groups excluding carboxylic acids is 1. The number of ether oxygens (including phenoxy) is 2. The number of fused-ring (bicyclic) bond motifs is 1. The summed E-state index contributed by atoms with van der Waals surface area (Å²) in [7, 11) is -3.74. The zero-order valence-corrected chi connectivity index (χ0v) is 16.9. The molecular formula is C21H24N2O5S. The minimum atomic E-state index is -3.74. The number of nitrogens with zero attached hydrogens (tertiary/aromatic N) is 1. The Morgan fingerprint density at radius 2 is 1.72 bits per heavy atom. The van der Waals surface area contributed by atoms with Crippen molar-refractivity contribution in [2.75, 3.05) is 25.1 Å². The van der Waals surface area contributed by atoms with Crippen molar-refractivity contribution in [3.05, 3.63) is 48.5 Å². The van der Waals surface area contributed by atoms with Crippen LogP contribution in [0, 0.1) is 0 Å². The highest BCUT2D eigenvalue weighted by molar-refractivity contribution is 7.89. The van der Waals surface area contributed by atoms with Crippen molar-refractivity contribution >= 4 is 21.6 Å². The van der Waals surface area contributed by atoms with Crippen LogP contribution in [-0.4, -0.2) is 44.4 Å². The van der Waals surface area contributed by atoms with E-state index in [9.17, 15) is 13.2 Å². The smallest absolute Gasteiger partial charge is 0.243 e. The number of anilines is 1. The van der Waals surface area contributed by atoms with Crippen LogP contribution in [0.5, 0.6) is 11.5 Å². The summed E-state index contributed by atoms with van der Waals surface area (Å²) in [5.74, 6) is 0.892. The third kappa shape index (κ3) is 4.23. The Bertz CT molecular complexity index is 978. The fourth-order valence-electron chi connectivity index (χ4n) is 3.65. The first-order valence-electron chi connectivity index (χ1n) is 9.83. The number of nitrogens with one attached hydrogen (secondary N) is 1. The number of hydrogen-bond acceptors (Lipinski definition) is 5. The van der Waals surface area contributed by atoms with Crippen molar-refractivity contribution in [3.8, 4) is 11.5 Å². The van der Waals surface area contributed by atoms with Crippen molar-refractivity contribution in [3.63, 3.8) is 0 Å². The lowest BCUT2D eigenvalue weighted by Crippen LogP contribution is -2.49. The maximum absolute atomic E-state index is 13.1. The van der Waals surface area contributed by atoms with E-state index in [1.165, 1.54) is 4.31 Å². The molecule has 1 saturated heterocycles. The number of sulfonamides is 1. The zero-order chi connectivity index (χ0) is 20.3. The van der Waals surface area contributed by atoms with Crippen molar-refractivity contribution in [1.29, 1.82) is 0 Å². The van der Waals surface area contributed by atoms with Gasteiger partial charge in [0.05, 0.1) is 18.1 Å². The molecule has 0 radical (unpaired) electrons. The predicted molar refractivity (Wildman–Crippen MR) is 109 cm³/mol. The largest absolute Gasteiger partial charge is 0.490 e. The molecule has 1 atom stereocenters. The van der Waals surface area contributed by atoms with E-state index in [4.69, 9.17) is 9.47 Å². The monoisotopic (exact) mass is 416 g/mol. The molecule has 4 rings (SSSR count). The minimum absolute atomic E-state index is 0.204. The van der Waals surface area contributed by atoms with Crippen LogP contribution < -0.4 is 14.8 Å². The van der Waals surface area contributed by atoms with Gasteiger partial charge >= 0.3 is 0 Å². The molecule has 7 nitrogen and oxygen atoms in total. The summed E-state index contributed by atoms with van der Waals surface area (Å²) in [4.78, 5) is 13.2. The van der Waals surface area contributed by atoms with E-state index < -0.39 is 16.1 Å². The second-order valence-electron chi connectivity index (χ2n) is 7.14. The highest BCUT2D eigenvalue weighted by Crippen LogP contribution is 2.33. The summed E-state index contributed by atoms with van der Waals surface area (Å²) in [6.07, 6.45) is 2.83. The SMILES string of the molecule is O=C(Nc1ccc2c(c1)OCCCO2)[C@H]1CCCCN1S(=O)(=O)c1ccccc1. The van der Waals surface area contributed by atoms with Crippen molar-refractivity contribution in [2.24, 2.45) is 0 Å². The molecule has 1 fully saturated rings. The van der Waals surface area contributed by atoms with Crippen LogP contribution in [0.3, 0.4) is 0 Å². The van der Waals surface area contributed by atoms with Crippen molar-refractivity contribution in [2.45, 2.75) is 36.6 Å². The Morgan fingerprint density at radius 1 is 0.966 bits per heavy atom. The summed E-state index contributed by atoms with van der Waals surface area (Å²) in [5.41, 5.74) is 0.557. The molecule has 1 N–H and O–H groups in total. The Kier molecular flexibility index (Phi) is 5.73. The topological polar surface area (TPSA) is 84.9 Å². The average molecular weight is 416 g/mol. The Balaban J connectivity index is 1.54. The van der Waals surface area contributed by atoms with E-state index in [0.29, 0.717) is 43.4 Å². The van der Waals surface area contributed by atoms with Crippen LogP contribution in [0.15, 0.2) is 53.4 Å². The van der Waals surface area contributed by atoms with Gasteiger partial charge < -0.3 is 14.8 Å². The van der Waals surface area contributed by atoms with Gasteiger partial charge in [0.15, 0.2) is 11.5 Å². The normalized spacial score (nSPS) is 19.9. The Labute approximate surface area is 170 Å². The number of carbonyl (C=O) groups is 1. The maximum Gasteiger partial charge on any atom is 0.243 e. The van der Waals surface area contributed by atoms with Gasteiger partial charge in [-0.2, -0.15) is 4.31 Å². The molecular weight excluding hydrogens is 392 g/mol. The van der Waals surface area contributed by atoms with Crippen LogP contribution in [0.1, 0.15) is 25.7 Å². The molecule has 0 aliphatic carbocycles. The molecule has 2 aliphatic heterocycles. The van der Waals surface area contributed by atoms with Crippen LogP contribution in [-0.2, 0) is 14.8 Å². The zero-order valence-electron chi connectivity index (χ0n) is 16.0. The van der Waals surface area contributed by atoms with Crippen LogP contribution >= 0.6 is 0 Å². The molecule has 0 saturated carbocycles. The highest BCUT2D eigenvalue weighted by atomic mass is 32.2. The molecule has 0 spiro atoms.